The Morgan fingerprint density at radius 3 is 2.65 bits per heavy atom. The van der Waals surface area contributed by atoms with Gasteiger partial charge in [-0.2, -0.15) is 5.10 Å². The number of carbonyl (C=O) groups is 4. The standard InChI is InChI=1S/C14H16N4O4S/c1-15-9(20)4-3-5-23-8-6-7(19)11-10(13(8)21)12(18-17-11)14(22)16-2/h6H,3-5H2,1-2H3,(H,15,20)(H,16,22)(H,17,18). The fourth-order valence-corrected chi connectivity index (χ4v) is 2.99. The highest BCUT2D eigenvalue weighted by atomic mass is 32.2. The molecule has 2 amide bonds. The third kappa shape index (κ3) is 3.50. The second-order valence-corrected chi connectivity index (χ2v) is 5.87. The molecular formula is C14H16N4O4S. The van der Waals surface area contributed by atoms with Crippen LogP contribution in [0.25, 0.3) is 0 Å². The second kappa shape index (κ2) is 7.23. The van der Waals surface area contributed by atoms with Crippen molar-refractivity contribution in [3.05, 3.63) is 27.9 Å². The predicted octanol–water partition coefficient (Wildman–Crippen LogP) is 0.292. The van der Waals surface area contributed by atoms with Gasteiger partial charge in [-0.05, 0) is 12.2 Å². The van der Waals surface area contributed by atoms with Gasteiger partial charge >= 0.3 is 0 Å². The van der Waals surface area contributed by atoms with Crippen molar-refractivity contribution in [2.24, 2.45) is 0 Å². The summed E-state index contributed by atoms with van der Waals surface area (Å²) in [5, 5.41) is 11.1. The molecule has 0 aromatic carbocycles. The van der Waals surface area contributed by atoms with Gasteiger partial charge < -0.3 is 10.6 Å². The van der Waals surface area contributed by atoms with E-state index >= 15 is 0 Å². The summed E-state index contributed by atoms with van der Waals surface area (Å²) in [6, 6.07) is 0. The van der Waals surface area contributed by atoms with E-state index in [9.17, 15) is 19.2 Å². The van der Waals surface area contributed by atoms with Crippen molar-refractivity contribution >= 4 is 35.1 Å². The van der Waals surface area contributed by atoms with E-state index in [2.05, 4.69) is 20.8 Å². The lowest BCUT2D eigenvalue weighted by molar-refractivity contribution is -0.120. The lowest BCUT2D eigenvalue weighted by atomic mass is 9.99. The molecule has 0 atom stereocenters. The summed E-state index contributed by atoms with van der Waals surface area (Å²) < 4.78 is 0. The van der Waals surface area contributed by atoms with Crippen LogP contribution in [0.4, 0.5) is 0 Å². The lowest BCUT2D eigenvalue weighted by Gasteiger charge is -2.11. The van der Waals surface area contributed by atoms with E-state index in [4.69, 9.17) is 0 Å². The van der Waals surface area contributed by atoms with Gasteiger partial charge in [0.25, 0.3) is 5.91 Å². The highest BCUT2D eigenvalue weighted by Crippen LogP contribution is 2.29. The third-order valence-corrected chi connectivity index (χ3v) is 4.36. The molecule has 8 nitrogen and oxygen atoms in total. The summed E-state index contributed by atoms with van der Waals surface area (Å²) >= 11 is 1.19. The number of aromatic nitrogens is 2. The van der Waals surface area contributed by atoms with Gasteiger partial charge in [0.15, 0.2) is 0 Å². The molecule has 1 aliphatic rings. The van der Waals surface area contributed by atoms with E-state index in [0.717, 1.165) is 0 Å². The minimum absolute atomic E-state index is 0.00523. The molecule has 0 spiro atoms. The molecule has 0 aliphatic heterocycles. The smallest absolute Gasteiger partial charge is 0.269 e. The van der Waals surface area contributed by atoms with Gasteiger partial charge in [0.2, 0.25) is 17.5 Å². The number of thioether (sulfide) groups is 1. The van der Waals surface area contributed by atoms with E-state index in [1.807, 2.05) is 0 Å². The van der Waals surface area contributed by atoms with Crippen LogP contribution in [-0.2, 0) is 4.79 Å². The van der Waals surface area contributed by atoms with E-state index in [-0.39, 0.29) is 27.8 Å². The summed E-state index contributed by atoms with van der Waals surface area (Å²) in [6.07, 6.45) is 2.15. The van der Waals surface area contributed by atoms with Crippen LogP contribution in [0.3, 0.4) is 0 Å². The van der Waals surface area contributed by atoms with Crippen LogP contribution in [-0.4, -0.2) is 53.4 Å². The third-order valence-electron chi connectivity index (χ3n) is 3.25. The van der Waals surface area contributed by atoms with Gasteiger partial charge in [-0.25, -0.2) is 0 Å². The first-order chi connectivity index (χ1) is 11.0. The summed E-state index contributed by atoms with van der Waals surface area (Å²) in [4.78, 5) is 47.7. The quantitative estimate of drug-likeness (QED) is 0.642. The number of allylic oxidation sites excluding steroid dienone is 2. The maximum atomic E-state index is 12.5. The van der Waals surface area contributed by atoms with Crippen LogP contribution >= 0.6 is 11.8 Å². The number of amides is 2. The average molecular weight is 336 g/mol. The van der Waals surface area contributed by atoms with Crippen molar-refractivity contribution in [1.29, 1.82) is 0 Å². The summed E-state index contributed by atoms with van der Waals surface area (Å²) in [7, 11) is 2.98. The van der Waals surface area contributed by atoms with Crippen molar-refractivity contribution in [2.45, 2.75) is 12.8 Å². The molecule has 122 valence electrons. The zero-order valence-corrected chi connectivity index (χ0v) is 13.5. The largest absolute Gasteiger partial charge is 0.359 e. The van der Waals surface area contributed by atoms with Crippen molar-refractivity contribution in [3.63, 3.8) is 0 Å². The van der Waals surface area contributed by atoms with Crippen molar-refractivity contribution in [3.8, 4) is 0 Å². The zero-order chi connectivity index (χ0) is 17.0. The van der Waals surface area contributed by atoms with Crippen LogP contribution < -0.4 is 10.6 Å². The summed E-state index contributed by atoms with van der Waals surface area (Å²) in [5.74, 6) is -0.895. The number of hydrogen-bond donors (Lipinski definition) is 3. The molecule has 0 saturated heterocycles. The molecule has 0 radical (unpaired) electrons. The molecule has 0 fully saturated rings. The molecule has 0 saturated carbocycles. The molecule has 23 heavy (non-hydrogen) atoms. The van der Waals surface area contributed by atoms with Crippen LogP contribution in [0, 0.1) is 0 Å². The van der Waals surface area contributed by atoms with E-state index < -0.39 is 17.5 Å². The number of nitrogens with zero attached hydrogens (tertiary/aromatic N) is 1. The Labute approximate surface area is 136 Å². The number of carbonyl (C=O) groups excluding carboxylic acids is 4. The van der Waals surface area contributed by atoms with Crippen molar-refractivity contribution < 1.29 is 19.2 Å². The van der Waals surface area contributed by atoms with Crippen molar-refractivity contribution in [2.75, 3.05) is 19.8 Å². The number of hydrogen-bond acceptors (Lipinski definition) is 6. The first-order valence-corrected chi connectivity index (χ1v) is 7.92. The van der Waals surface area contributed by atoms with Crippen LogP contribution in [0.2, 0.25) is 0 Å². The number of fused-ring (bicyclic) bond motifs is 1. The molecule has 1 heterocycles. The normalized spacial score (nSPS) is 13.4. The Balaban J connectivity index is 2.11. The first kappa shape index (κ1) is 16.9. The van der Waals surface area contributed by atoms with Gasteiger partial charge in [-0.15, -0.1) is 11.8 Å². The molecule has 0 bridgehead atoms. The van der Waals surface area contributed by atoms with Crippen LogP contribution in [0.1, 0.15) is 44.2 Å². The van der Waals surface area contributed by atoms with Gasteiger partial charge in [0, 0.05) is 26.6 Å². The predicted molar refractivity (Wildman–Crippen MR) is 84.5 cm³/mol. The van der Waals surface area contributed by atoms with Gasteiger partial charge in [-0.3, -0.25) is 24.3 Å². The number of rotatable bonds is 6. The highest BCUT2D eigenvalue weighted by molar-refractivity contribution is 8.04. The first-order valence-electron chi connectivity index (χ1n) is 6.94. The van der Waals surface area contributed by atoms with Crippen LogP contribution in [0.5, 0.6) is 0 Å². The molecule has 1 aromatic rings. The lowest BCUT2D eigenvalue weighted by Crippen LogP contribution is -2.23. The molecule has 1 aliphatic carbocycles. The summed E-state index contributed by atoms with van der Waals surface area (Å²) in [6.45, 7) is 0. The van der Waals surface area contributed by atoms with Crippen LogP contribution in [0.15, 0.2) is 11.0 Å². The topological polar surface area (TPSA) is 121 Å². The average Bonchev–Trinajstić information content (AvgIpc) is 3.00. The molecule has 2 rings (SSSR count). The van der Waals surface area contributed by atoms with Gasteiger partial charge in [-0.1, -0.05) is 0 Å². The van der Waals surface area contributed by atoms with Crippen molar-refractivity contribution in [1.82, 2.24) is 20.8 Å². The number of aromatic amines is 1. The molecule has 0 unspecified atom stereocenters. The van der Waals surface area contributed by atoms with Gasteiger partial charge in [0.05, 0.1) is 10.5 Å². The zero-order valence-electron chi connectivity index (χ0n) is 12.7. The Hall–Kier alpha value is -2.42. The highest BCUT2D eigenvalue weighted by Gasteiger charge is 2.33. The number of nitrogens with one attached hydrogen (secondary N) is 3. The molecular weight excluding hydrogens is 320 g/mol. The summed E-state index contributed by atoms with van der Waals surface area (Å²) in [5.41, 5.74) is -0.0497. The number of ketones is 2. The van der Waals surface area contributed by atoms with E-state index in [0.29, 0.717) is 18.6 Å². The Morgan fingerprint density at radius 1 is 1.26 bits per heavy atom. The maximum Gasteiger partial charge on any atom is 0.269 e. The second-order valence-electron chi connectivity index (χ2n) is 4.73. The van der Waals surface area contributed by atoms with Gasteiger partial charge in [0.1, 0.15) is 11.4 Å². The maximum absolute atomic E-state index is 12.5. The Morgan fingerprint density at radius 2 is 2.00 bits per heavy atom. The number of Topliss-reactive ketones (excluding diaryl/α,β-unsaturated/α-hetero) is 1. The molecule has 3 N–H and O–H groups in total. The minimum Gasteiger partial charge on any atom is -0.359 e. The molecule has 9 heteroatoms. The van der Waals surface area contributed by atoms with E-state index in [1.54, 1.807) is 7.05 Å². The fourth-order valence-electron chi connectivity index (χ4n) is 2.05. The monoisotopic (exact) mass is 336 g/mol. The Bertz CT molecular complexity index is 708. The SMILES string of the molecule is CNC(=O)CCCSC1=CC(=O)c2n[nH]c(C(=O)NC)c2C1=O. The molecule has 1 aromatic heterocycles. The minimum atomic E-state index is -0.509. The van der Waals surface area contributed by atoms with E-state index in [1.165, 1.54) is 24.9 Å². The fraction of sp³-hybridized carbons (Fsp3) is 0.357. The Kier molecular flexibility index (Phi) is 5.32. The number of H-pyrrole nitrogens is 1.